The van der Waals surface area contributed by atoms with Crippen molar-refractivity contribution < 1.29 is 0 Å². The molecule has 0 bridgehead atoms. The zero-order chi connectivity index (χ0) is 8.55. The van der Waals surface area contributed by atoms with Crippen molar-refractivity contribution in [1.29, 1.82) is 0 Å². The van der Waals surface area contributed by atoms with Crippen LogP contribution in [0, 0.1) is 11.8 Å². The van der Waals surface area contributed by atoms with E-state index in [0.29, 0.717) is 5.88 Å². The van der Waals surface area contributed by atoms with Gasteiger partial charge in [0.1, 0.15) is 12.2 Å². The first-order chi connectivity index (χ1) is 5.81. The van der Waals surface area contributed by atoms with Gasteiger partial charge >= 0.3 is 0 Å². The van der Waals surface area contributed by atoms with Crippen molar-refractivity contribution in [2.24, 2.45) is 11.8 Å². The molecule has 1 aromatic heterocycles. The number of rotatable bonds is 3. The minimum Gasteiger partial charge on any atom is -0.316 e. The van der Waals surface area contributed by atoms with Gasteiger partial charge in [-0.25, -0.2) is 0 Å². The number of halogens is 1. The molecule has 12 heavy (non-hydrogen) atoms. The predicted octanol–water partition coefficient (Wildman–Crippen LogP) is 1.67. The van der Waals surface area contributed by atoms with Gasteiger partial charge in [0.05, 0.1) is 5.88 Å². The number of aromatic nitrogens is 3. The fourth-order valence-corrected chi connectivity index (χ4v) is 1.65. The summed E-state index contributed by atoms with van der Waals surface area (Å²) in [5.41, 5.74) is 0. The zero-order valence-corrected chi connectivity index (χ0v) is 7.83. The standard InChI is InChI=1S/C8H12ClN3/c1-6-2-7(6)4-12-5-10-11-8(12)3-9/h5-7H,2-4H2,1H3. The first-order valence-electron chi connectivity index (χ1n) is 4.24. The molecule has 3 nitrogen and oxygen atoms in total. The van der Waals surface area contributed by atoms with Crippen LogP contribution in [0.4, 0.5) is 0 Å². The van der Waals surface area contributed by atoms with Crippen LogP contribution in [0.3, 0.4) is 0 Å². The summed E-state index contributed by atoms with van der Waals surface area (Å²) in [5, 5.41) is 7.75. The fraction of sp³-hybridized carbons (Fsp3) is 0.750. The molecule has 1 aliphatic rings. The third-order valence-electron chi connectivity index (χ3n) is 2.52. The molecule has 0 saturated heterocycles. The largest absolute Gasteiger partial charge is 0.316 e. The third-order valence-corrected chi connectivity index (χ3v) is 2.76. The Bertz CT molecular complexity index is 271. The summed E-state index contributed by atoms with van der Waals surface area (Å²) >= 11 is 5.69. The fourth-order valence-electron chi connectivity index (χ4n) is 1.44. The monoisotopic (exact) mass is 185 g/mol. The van der Waals surface area contributed by atoms with Gasteiger partial charge in [-0.15, -0.1) is 21.8 Å². The first-order valence-corrected chi connectivity index (χ1v) is 4.77. The maximum absolute atomic E-state index is 5.69. The highest BCUT2D eigenvalue weighted by Crippen LogP contribution is 2.38. The molecule has 2 rings (SSSR count). The smallest absolute Gasteiger partial charge is 0.147 e. The van der Waals surface area contributed by atoms with Gasteiger partial charge in [0.15, 0.2) is 0 Å². The molecule has 0 spiro atoms. The lowest BCUT2D eigenvalue weighted by molar-refractivity contribution is 0.577. The van der Waals surface area contributed by atoms with E-state index in [9.17, 15) is 0 Å². The number of hydrogen-bond acceptors (Lipinski definition) is 2. The topological polar surface area (TPSA) is 30.7 Å². The Balaban J connectivity index is 2.02. The molecular formula is C8H12ClN3. The zero-order valence-electron chi connectivity index (χ0n) is 7.07. The summed E-state index contributed by atoms with van der Waals surface area (Å²) in [6.45, 7) is 3.31. The second-order valence-electron chi connectivity index (χ2n) is 3.51. The number of nitrogens with zero attached hydrogens (tertiary/aromatic N) is 3. The van der Waals surface area contributed by atoms with Gasteiger partial charge < -0.3 is 4.57 Å². The summed E-state index contributed by atoms with van der Waals surface area (Å²) in [6, 6.07) is 0. The summed E-state index contributed by atoms with van der Waals surface area (Å²) in [4.78, 5) is 0. The van der Waals surface area contributed by atoms with Crippen LogP contribution in [-0.4, -0.2) is 14.8 Å². The van der Waals surface area contributed by atoms with Crippen LogP contribution in [0.15, 0.2) is 6.33 Å². The van der Waals surface area contributed by atoms with Crippen LogP contribution in [0.2, 0.25) is 0 Å². The van der Waals surface area contributed by atoms with E-state index in [1.54, 1.807) is 6.33 Å². The molecule has 2 atom stereocenters. The molecule has 1 fully saturated rings. The van der Waals surface area contributed by atoms with E-state index in [2.05, 4.69) is 21.7 Å². The lowest BCUT2D eigenvalue weighted by Crippen LogP contribution is -2.03. The van der Waals surface area contributed by atoms with E-state index in [4.69, 9.17) is 11.6 Å². The SMILES string of the molecule is CC1CC1Cn1cnnc1CCl. The van der Waals surface area contributed by atoms with Gasteiger partial charge in [-0.1, -0.05) is 6.92 Å². The molecule has 1 heterocycles. The third kappa shape index (κ3) is 1.46. The minimum atomic E-state index is 0.459. The van der Waals surface area contributed by atoms with E-state index in [-0.39, 0.29) is 0 Å². The maximum atomic E-state index is 5.69. The van der Waals surface area contributed by atoms with Crippen molar-refractivity contribution in [2.75, 3.05) is 0 Å². The van der Waals surface area contributed by atoms with Crippen LogP contribution in [0.1, 0.15) is 19.2 Å². The molecule has 2 unspecified atom stereocenters. The number of alkyl halides is 1. The summed E-state index contributed by atoms with van der Waals surface area (Å²) in [6.07, 6.45) is 3.10. The molecule has 4 heteroatoms. The summed E-state index contributed by atoms with van der Waals surface area (Å²) in [7, 11) is 0. The first kappa shape index (κ1) is 8.05. The maximum Gasteiger partial charge on any atom is 0.147 e. The molecule has 66 valence electrons. The van der Waals surface area contributed by atoms with Crippen molar-refractivity contribution in [1.82, 2.24) is 14.8 Å². The van der Waals surface area contributed by atoms with Crippen molar-refractivity contribution in [3.05, 3.63) is 12.2 Å². The molecule has 0 radical (unpaired) electrons. The quantitative estimate of drug-likeness (QED) is 0.671. The highest BCUT2D eigenvalue weighted by atomic mass is 35.5. The van der Waals surface area contributed by atoms with Crippen LogP contribution in [0.5, 0.6) is 0 Å². The Kier molecular flexibility index (Phi) is 2.05. The molecule has 0 N–H and O–H groups in total. The molecule has 0 amide bonds. The predicted molar refractivity (Wildman–Crippen MR) is 46.9 cm³/mol. The molecular weight excluding hydrogens is 174 g/mol. The molecule has 0 aromatic carbocycles. The lowest BCUT2D eigenvalue weighted by Gasteiger charge is -2.01. The van der Waals surface area contributed by atoms with Crippen molar-refractivity contribution in [3.63, 3.8) is 0 Å². The second-order valence-corrected chi connectivity index (χ2v) is 3.77. The Hall–Kier alpha value is -0.570. The highest BCUT2D eigenvalue weighted by molar-refractivity contribution is 6.16. The van der Waals surface area contributed by atoms with Gasteiger partial charge in [-0.2, -0.15) is 0 Å². The van der Waals surface area contributed by atoms with Crippen molar-refractivity contribution in [3.8, 4) is 0 Å². The Labute approximate surface area is 76.7 Å². The Morgan fingerprint density at radius 1 is 1.75 bits per heavy atom. The van der Waals surface area contributed by atoms with Crippen molar-refractivity contribution in [2.45, 2.75) is 25.8 Å². The highest BCUT2D eigenvalue weighted by Gasteiger charge is 2.32. The lowest BCUT2D eigenvalue weighted by atomic mass is 10.3. The van der Waals surface area contributed by atoms with Gasteiger partial charge in [-0.3, -0.25) is 0 Å². The van der Waals surface area contributed by atoms with E-state index >= 15 is 0 Å². The van der Waals surface area contributed by atoms with Gasteiger partial charge in [0, 0.05) is 6.54 Å². The molecule has 1 aliphatic carbocycles. The van der Waals surface area contributed by atoms with E-state index in [0.717, 1.165) is 24.2 Å². The van der Waals surface area contributed by atoms with E-state index < -0.39 is 0 Å². The van der Waals surface area contributed by atoms with Gasteiger partial charge in [-0.05, 0) is 18.3 Å². The molecule has 1 aromatic rings. The van der Waals surface area contributed by atoms with Crippen LogP contribution in [0.25, 0.3) is 0 Å². The summed E-state index contributed by atoms with van der Waals surface area (Å²) in [5.74, 6) is 3.04. The minimum absolute atomic E-state index is 0.459. The van der Waals surface area contributed by atoms with Gasteiger partial charge in [0.25, 0.3) is 0 Å². The molecule has 1 saturated carbocycles. The van der Waals surface area contributed by atoms with E-state index in [1.807, 2.05) is 0 Å². The van der Waals surface area contributed by atoms with Crippen LogP contribution < -0.4 is 0 Å². The Morgan fingerprint density at radius 3 is 3.08 bits per heavy atom. The average molecular weight is 186 g/mol. The normalized spacial score (nSPS) is 27.5. The Morgan fingerprint density at radius 2 is 2.50 bits per heavy atom. The van der Waals surface area contributed by atoms with Crippen LogP contribution in [-0.2, 0) is 12.4 Å². The second kappa shape index (κ2) is 3.05. The molecule has 0 aliphatic heterocycles. The summed E-state index contributed by atoms with van der Waals surface area (Å²) < 4.78 is 2.06. The van der Waals surface area contributed by atoms with E-state index in [1.165, 1.54) is 6.42 Å². The average Bonchev–Trinajstić information content (AvgIpc) is 2.62. The van der Waals surface area contributed by atoms with Crippen LogP contribution >= 0.6 is 11.6 Å². The van der Waals surface area contributed by atoms with Gasteiger partial charge in [0.2, 0.25) is 0 Å². The number of hydrogen-bond donors (Lipinski definition) is 0. The van der Waals surface area contributed by atoms with Crippen molar-refractivity contribution >= 4 is 11.6 Å².